The molecule has 1 aliphatic rings. The first-order valence-electron chi connectivity index (χ1n) is 10.7. The largest absolute Gasteiger partial charge is 0.507 e. The molecule has 0 saturated carbocycles. The van der Waals surface area contributed by atoms with Crippen LogP contribution < -0.4 is 9.47 Å². The zero-order chi connectivity index (χ0) is 24.4. The third-order valence-corrected chi connectivity index (χ3v) is 6.12. The van der Waals surface area contributed by atoms with Crippen molar-refractivity contribution in [2.45, 2.75) is 19.5 Å². The molecule has 1 saturated heterocycles. The normalized spacial score (nSPS) is 17.2. The molecule has 1 atom stereocenters. The molecule has 1 N–H and O–H groups in total. The van der Waals surface area contributed by atoms with Crippen molar-refractivity contribution < 1.29 is 24.2 Å². The number of carbonyl (C=O) groups excluding carboxylic acids is 2. The van der Waals surface area contributed by atoms with E-state index in [1.54, 1.807) is 25.3 Å². The number of ketones is 1. The van der Waals surface area contributed by atoms with E-state index in [1.165, 1.54) is 12.0 Å². The van der Waals surface area contributed by atoms with Gasteiger partial charge < -0.3 is 19.5 Å². The molecule has 3 aromatic carbocycles. The van der Waals surface area contributed by atoms with Gasteiger partial charge in [0.25, 0.3) is 11.7 Å². The number of para-hydroxylation sites is 1. The van der Waals surface area contributed by atoms with E-state index in [0.717, 1.165) is 11.1 Å². The van der Waals surface area contributed by atoms with Crippen molar-refractivity contribution in [3.63, 3.8) is 0 Å². The Morgan fingerprint density at radius 1 is 1.00 bits per heavy atom. The van der Waals surface area contributed by atoms with Gasteiger partial charge in [-0.1, -0.05) is 60.1 Å². The van der Waals surface area contributed by atoms with Crippen LogP contribution >= 0.6 is 11.6 Å². The number of hydrogen-bond acceptors (Lipinski definition) is 5. The summed E-state index contributed by atoms with van der Waals surface area (Å²) in [4.78, 5) is 28.0. The number of ether oxygens (including phenoxy) is 2. The molecule has 174 valence electrons. The Morgan fingerprint density at radius 3 is 2.35 bits per heavy atom. The Labute approximate surface area is 203 Å². The van der Waals surface area contributed by atoms with Crippen molar-refractivity contribution in [2.24, 2.45) is 0 Å². The Morgan fingerprint density at radius 2 is 1.68 bits per heavy atom. The Hall–Kier alpha value is -3.77. The minimum absolute atomic E-state index is 0.0222. The van der Waals surface area contributed by atoms with E-state index in [4.69, 9.17) is 21.1 Å². The second-order valence-corrected chi connectivity index (χ2v) is 8.38. The van der Waals surface area contributed by atoms with Gasteiger partial charge in [-0.05, 0) is 36.2 Å². The first kappa shape index (κ1) is 23.4. The monoisotopic (exact) mass is 477 g/mol. The number of aryl methyl sites for hydroxylation is 1. The molecule has 0 aliphatic carbocycles. The van der Waals surface area contributed by atoms with Gasteiger partial charge in [0.1, 0.15) is 17.3 Å². The summed E-state index contributed by atoms with van der Waals surface area (Å²) >= 11 is 6.34. The lowest BCUT2D eigenvalue weighted by Crippen LogP contribution is -2.29. The molecular weight excluding hydrogens is 454 g/mol. The molecule has 0 radical (unpaired) electrons. The highest BCUT2D eigenvalue weighted by molar-refractivity contribution is 6.46. The number of benzene rings is 3. The van der Waals surface area contributed by atoms with Crippen LogP contribution in [0.15, 0.2) is 72.3 Å². The van der Waals surface area contributed by atoms with E-state index < -0.39 is 17.7 Å². The molecule has 34 heavy (non-hydrogen) atoms. The summed E-state index contributed by atoms with van der Waals surface area (Å²) in [6.07, 6.45) is 0. The number of aliphatic hydroxyl groups is 1. The number of Topliss-reactive ketones (excluding diaryl/α,β-unsaturated/α-hetero) is 1. The van der Waals surface area contributed by atoms with Gasteiger partial charge in [-0.3, -0.25) is 9.59 Å². The second kappa shape index (κ2) is 9.61. The SMILES string of the molecule is COc1ccccc1CN1C(=O)C(=O)/C(=C(/O)c2cc(C)cc(Cl)c2OC)C1c1ccccc1. The standard InChI is InChI=1S/C27H24ClNO5/c1-16-13-19(26(34-3)20(28)14-16)24(30)22-23(17-9-5-4-6-10-17)29(27(32)25(22)31)15-18-11-7-8-12-21(18)33-2/h4-14,23,30H,15H2,1-3H3/b24-22+. The first-order chi connectivity index (χ1) is 16.4. The molecule has 1 heterocycles. The zero-order valence-corrected chi connectivity index (χ0v) is 19.8. The first-order valence-corrected chi connectivity index (χ1v) is 11.0. The third kappa shape index (κ3) is 4.13. The van der Waals surface area contributed by atoms with Crippen molar-refractivity contribution in [3.05, 3.63) is 99.6 Å². The number of halogens is 1. The lowest BCUT2D eigenvalue weighted by molar-refractivity contribution is -0.140. The molecule has 1 unspecified atom stereocenters. The summed E-state index contributed by atoms with van der Waals surface area (Å²) in [5, 5.41) is 11.7. The second-order valence-electron chi connectivity index (χ2n) is 7.98. The van der Waals surface area contributed by atoms with Crippen molar-refractivity contribution >= 4 is 29.1 Å². The fourth-order valence-electron chi connectivity index (χ4n) is 4.30. The average molecular weight is 478 g/mol. The fraction of sp³-hybridized carbons (Fsp3) is 0.185. The van der Waals surface area contributed by atoms with E-state index in [2.05, 4.69) is 0 Å². The van der Waals surface area contributed by atoms with Crippen molar-refractivity contribution in [3.8, 4) is 11.5 Å². The van der Waals surface area contributed by atoms with E-state index >= 15 is 0 Å². The Balaban J connectivity index is 1.92. The van der Waals surface area contributed by atoms with Crippen LogP contribution in [0, 0.1) is 6.92 Å². The zero-order valence-electron chi connectivity index (χ0n) is 19.0. The molecule has 1 aliphatic heterocycles. The van der Waals surface area contributed by atoms with Crippen LogP contribution in [0.2, 0.25) is 5.02 Å². The van der Waals surface area contributed by atoms with Crippen molar-refractivity contribution in [1.82, 2.24) is 4.90 Å². The fourth-order valence-corrected chi connectivity index (χ4v) is 4.65. The maximum Gasteiger partial charge on any atom is 0.295 e. The van der Waals surface area contributed by atoms with Gasteiger partial charge in [0.2, 0.25) is 0 Å². The number of likely N-dealkylation sites (tertiary alicyclic amines) is 1. The number of nitrogens with zero attached hydrogens (tertiary/aromatic N) is 1. The van der Waals surface area contributed by atoms with Gasteiger partial charge in [0.05, 0.1) is 43.0 Å². The number of carbonyl (C=O) groups is 2. The lowest BCUT2D eigenvalue weighted by atomic mass is 9.94. The van der Waals surface area contributed by atoms with Crippen LogP contribution in [0.3, 0.4) is 0 Å². The minimum atomic E-state index is -0.810. The molecule has 0 spiro atoms. The highest BCUT2D eigenvalue weighted by Gasteiger charge is 2.46. The van der Waals surface area contributed by atoms with Gasteiger partial charge in [0, 0.05) is 5.56 Å². The molecule has 0 aromatic heterocycles. The lowest BCUT2D eigenvalue weighted by Gasteiger charge is -2.26. The molecule has 4 rings (SSSR count). The number of methoxy groups -OCH3 is 2. The summed E-state index contributed by atoms with van der Waals surface area (Å²) in [6.45, 7) is 1.94. The van der Waals surface area contributed by atoms with E-state index in [1.807, 2.05) is 55.5 Å². The number of aliphatic hydroxyl groups excluding tert-OH is 1. The van der Waals surface area contributed by atoms with Crippen LogP contribution in [0.25, 0.3) is 5.76 Å². The highest BCUT2D eigenvalue weighted by atomic mass is 35.5. The van der Waals surface area contributed by atoms with Gasteiger partial charge in [-0.2, -0.15) is 0 Å². The topological polar surface area (TPSA) is 76.1 Å². The molecule has 0 bridgehead atoms. The summed E-state index contributed by atoms with van der Waals surface area (Å²) in [7, 11) is 2.98. The van der Waals surface area contributed by atoms with Crippen molar-refractivity contribution in [2.75, 3.05) is 14.2 Å². The average Bonchev–Trinajstić information content (AvgIpc) is 3.09. The van der Waals surface area contributed by atoms with E-state index in [9.17, 15) is 14.7 Å². The van der Waals surface area contributed by atoms with E-state index in [0.29, 0.717) is 16.3 Å². The molecule has 3 aromatic rings. The van der Waals surface area contributed by atoms with Crippen molar-refractivity contribution in [1.29, 1.82) is 0 Å². The predicted octanol–water partition coefficient (Wildman–Crippen LogP) is 5.29. The summed E-state index contributed by atoms with van der Waals surface area (Å²) in [5.74, 6) is -0.993. The smallest absolute Gasteiger partial charge is 0.295 e. The van der Waals surface area contributed by atoms with Crippen LogP contribution in [0.4, 0.5) is 0 Å². The molecule has 7 heteroatoms. The van der Waals surface area contributed by atoms with Gasteiger partial charge in [0.15, 0.2) is 0 Å². The van der Waals surface area contributed by atoms with Gasteiger partial charge >= 0.3 is 0 Å². The molecular formula is C27H24ClNO5. The maximum absolute atomic E-state index is 13.3. The van der Waals surface area contributed by atoms with Crippen LogP contribution in [0.1, 0.15) is 28.3 Å². The summed E-state index contributed by atoms with van der Waals surface area (Å²) < 4.78 is 10.9. The number of amides is 1. The minimum Gasteiger partial charge on any atom is -0.507 e. The summed E-state index contributed by atoms with van der Waals surface area (Å²) in [5.41, 5.74) is 2.43. The van der Waals surface area contributed by atoms with Crippen LogP contribution in [0.5, 0.6) is 11.5 Å². The number of hydrogen-bond donors (Lipinski definition) is 1. The maximum atomic E-state index is 13.3. The third-order valence-electron chi connectivity index (χ3n) is 5.84. The number of rotatable bonds is 6. The van der Waals surface area contributed by atoms with Gasteiger partial charge in [-0.15, -0.1) is 0 Å². The van der Waals surface area contributed by atoms with E-state index in [-0.39, 0.29) is 29.2 Å². The van der Waals surface area contributed by atoms with Gasteiger partial charge in [-0.25, -0.2) is 0 Å². The quantitative estimate of drug-likeness (QED) is 0.296. The predicted molar refractivity (Wildman–Crippen MR) is 130 cm³/mol. The Kier molecular flexibility index (Phi) is 6.61. The van der Waals surface area contributed by atoms with Crippen LogP contribution in [-0.4, -0.2) is 35.9 Å². The highest BCUT2D eigenvalue weighted by Crippen LogP contribution is 2.43. The summed E-state index contributed by atoms with van der Waals surface area (Å²) in [6, 6.07) is 19.0. The van der Waals surface area contributed by atoms with Crippen LogP contribution in [-0.2, 0) is 16.1 Å². The molecule has 1 amide bonds. The molecule has 6 nitrogen and oxygen atoms in total. The molecule has 1 fully saturated rings. The Bertz CT molecular complexity index is 1290.